The lowest BCUT2D eigenvalue weighted by atomic mass is 10.2. The van der Waals surface area contributed by atoms with E-state index in [2.05, 4.69) is 9.97 Å². The first kappa shape index (κ1) is 20.6. The minimum Gasteiger partial charge on any atom is -0.376 e. The Morgan fingerprint density at radius 1 is 1.13 bits per heavy atom. The van der Waals surface area contributed by atoms with Gasteiger partial charge in [0.25, 0.3) is 0 Å². The summed E-state index contributed by atoms with van der Waals surface area (Å²) in [6.07, 6.45) is 1.82. The number of para-hydroxylation sites is 1. The Kier molecular flexibility index (Phi) is 6.01. The summed E-state index contributed by atoms with van der Waals surface area (Å²) in [5.41, 5.74) is 1.14. The van der Waals surface area contributed by atoms with Crippen molar-refractivity contribution in [1.82, 2.24) is 15.0 Å². The molecule has 160 valence electrons. The van der Waals surface area contributed by atoms with Gasteiger partial charge in [0.2, 0.25) is 5.82 Å². The summed E-state index contributed by atoms with van der Waals surface area (Å²) in [4.78, 5) is 21.7. The predicted molar refractivity (Wildman–Crippen MR) is 114 cm³/mol. The molecule has 4 rings (SSSR count). The third-order valence-electron chi connectivity index (χ3n) is 4.93. The molecule has 1 unspecified atom stereocenters. The third kappa shape index (κ3) is 4.30. The number of hydrogen-bond acceptors (Lipinski definition) is 8. The lowest BCUT2D eigenvalue weighted by molar-refractivity contribution is -0.384. The Hall–Kier alpha value is -3.63. The topological polar surface area (TPSA) is 87.9 Å². The number of hydrogen-bond donors (Lipinski definition) is 0. The van der Waals surface area contributed by atoms with Crippen LogP contribution in [-0.4, -0.2) is 53.0 Å². The number of morpholine rings is 1. The number of hydrazine groups is 1. The average molecular weight is 424 g/mol. The van der Waals surface area contributed by atoms with Crippen LogP contribution < -0.4 is 9.91 Å². The largest absolute Gasteiger partial charge is 0.376 e. The van der Waals surface area contributed by atoms with E-state index in [1.54, 1.807) is 66.8 Å². The second kappa shape index (κ2) is 9.02. The average Bonchev–Trinajstić information content (AvgIpc) is 2.81. The summed E-state index contributed by atoms with van der Waals surface area (Å²) in [7, 11) is 1.80. The van der Waals surface area contributed by atoms with Crippen LogP contribution in [0.15, 0.2) is 67.0 Å². The van der Waals surface area contributed by atoms with Crippen LogP contribution in [0.5, 0.6) is 0 Å². The van der Waals surface area contributed by atoms with Crippen LogP contribution in [0.2, 0.25) is 0 Å². The summed E-state index contributed by atoms with van der Waals surface area (Å²) < 4.78 is 20.1. The van der Waals surface area contributed by atoms with Gasteiger partial charge >= 0.3 is 5.69 Å². The van der Waals surface area contributed by atoms with Gasteiger partial charge in [0.05, 0.1) is 23.8 Å². The first-order valence-electron chi connectivity index (χ1n) is 9.69. The Morgan fingerprint density at radius 2 is 1.87 bits per heavy atom. The Morgan fingerprint density at radius 3 is 2.55 bits per heavy atom. The van der Waals surface area contributed by atoms with Crippen molar-refractivity contribution in [2.75, 3.05) is 36.7 Å². The van der Waals surface area contributed by atoms with E-state index in [1.807, 2.05) is 6.07 Å². The van der Waals surface area contributed by atoms with E-state index in [-0.39, 0.29) is 24.7 Å². The lowest BCUT2D eigenvalue weighted by Crippen LogP contribution is -2.51. The second-order valence-electron chi connectivity index (χ2n) is 6.85. The fraction of sp³-hybridized carbons (Fsp3) is 0.238. The standard InChI is InChI=1S/C21H21FN6O3/c1-25(16-9-11-23-12-10-16)20-8-7-18(28(29)30)21(24-20)27(17-5-3-2-4-6-17)26-13-14-31-15-19(26)22/h2-12,19H,13-15H2,1H3. The van der Waals surface area contributed by atoms with Crippen molar-refractivity contribution in [2.45, 2.75) is 6.30 Å². The van der Waals surface area contributed by atoms with Gasteiger partial charge in [0.1, 0.15) is 5.82 Å². The van der Waals surface area contributed by atoms with E-state index in [0.29, 0.717) is 18.1 Å². The van der Waals surface area contributed by atoms with Gasteiger partial charge in [-0.15, -0.1) is 0 Å². The maximum atomic E-state index is 14.9. The number of aromatic nitrogens is 2. The lowest BCUT2D eigenvalue weighted by Gasteiger charge is -2.39. The molecule has 31 heavy (non-hydrogen) atoms. The fourth-order valence-electron chi connectivity index (χ4n) is 3.37. The molecule has 1 aliphatic rings. The molecular weight excluding hydrogens is 403 g/mol. The molecule has 2 aromatic heterocycles. The van der Waals surface area contributed by atoms with Crippen LogP contribution >= 0.6 is 0 Å². The Balaban J connectivity index is 1.85. The van der Waals surface area contributed by atoms with Gasteiger partial charge in [-0.3, -0.25) is 15.1 Å². The van der Waals surface area contributed by atoms with E-state index >= 15 is 0 Å². The maximum Gasteiger partial charge on any atom is 0.313 e. The molecule has 3 aromatic rings. The molecule has 1 fully saturated rings. The van der Waals surface area contributed by atoms with E-state index < -0.39 is 11.2 Å². The van der Waals surface area contributed by atoms with Gasteiger partial charge in [-0.25, -0.2) is 14.4 Å². The highest BCUT2D eigenvalue weighted by molar-refractivity contribution is 5.71. The molecule has 0 N–H and O–H groups in total. The summed E-state index contributed by atoms with van der Waals surface area (Å²) in [5, 5.41) is 14.7. The van der Waals surface area contributed by atoms with Gasteiger partial charge in [-0.2, -0.15) is 5.01 Å². The highest BCUT2D eigenvalue weighted by Gasteiger charge is 2.34. The van der Waals surface area contributed by atoms with E-state index in [4.69, 9.17) is 4.74 Å². The molecule has 0 spiro atoms. The number of nitrogens with zero attached hydrogens (tertiary/aromatic N) is 6. The molecule has 0 saturated carbocycles. The summed E-state index contributed by atoms with van der Waals surface area (Å²) in [5.74, 6) is 0.496. The minimum absolute atomic E-state index is 0.0270. The minimum atomic E-state index is -1.48. The van der Waals surface area contributed by atoms with Crippen molar-refractivity contribution >= 4 is 28.7 Å². The zero-order chi connectivity index (χ0) is 21.8. The van der Waals surface area contributed by atoms with Crippen molar-refractivity contribution < 1.29 is 14.1 Å². The molecule has 0 bridgehead atoms. The molecule has 1 atom stereocenters. The summed E-state index contributed by atoms with van der Waals surface area (Å²) >= 11 is 0. The normalized spacial score (nSPS) is 16.6. The van der Waals surface area contributed by atoms with Gasteiger partial charge in [0.15, 0.2) is 6.30 Å². The number of halogens is 1. The molecule has 10 heteroatoms. The van der Waals surface area contributed by atoms with E-state index in [1.165, 1.54) is 16.1 Å². The molecule has 3 heterocycles. The first-order chi connectivity index (χ1) is 15.1. The number of anilines is 4. The zero-order valence-corrected chi connectivity index (χ0v) is 16.8. The van der Waals surface area contributed by atoms with Crippen LogP contribution in [0.1, 0.15) is 0 Å². The fourth-order valence-corrected chi connectivity index (χ4v) is 3.37. The van der Waals surface area contributed by atoms with Crippen LogP contribution in [0.25, 0.3) is 0 Å². The SMILES string of the molecule is CN(c1ccncc1)c1ccc([N+](=O)[O-])c(N(c2ccccc2)N2CCOCC2F)n1. The molecule has 0 amide bonds. The van der Waals surface area contributed by atoms with E-state index in [0.717, 1.165) is 5.69 Å². The molecule has 1 saturated heterocycles. The number of nitro groups is 1. The molecule has 0 aliphatic carbocycles. The summed E-state index contributed by atoms with van der Waals surface area (Å²) in [6.45, 7) is 0.390. The molecule has 0 radical (unpaired) electrons. The van der Waals surface area contributed by atoms with Crippen molar-refractivity contribution in [2.24, 2.45) is 0 Å². The molecular formula is C21H21FN6O3. The highest BCUT2D eigenvalue weighted by Crippen LogP contribution is 2.37. The monoisotopic (exact) mass is 424 g/mol. The number of alkyl halides is 1. The Bertz CT molecular complexity index is 1040. The number of pyridine rings is 2. The smallest absolute Gasteiger partial charge is 0.313 e. The molecule has 9 nitrogen and oxygen atoms in total. The third-order valence-corrected chi connectivity index (χ3v) is 4.93. The zero-order valence-electron chi connectivity index (χ0n) is 16.8. The van der Waals surface area contributed by atoms with Crippen LogP contribution in [0.3, 0.4) is 0 Å². The predicted octanol–water partition coefficient (Wildman–Crippen LogP) is 3.83. The van der Waals surface area contributed by atoms with Gasteiger partial charge in [-0.05, 0) is 30.3 Å². The van der Waals surface area contributed by atoms with Crippen molar-refractivity contribution in [1.29, 1.82) is 0 Å². The molecule has 1 aliphatic heterocycles. The second-order valence-corrected chi connectivity index (χ2v) is 6.85. The van der Waals surface area contributed by atoms with Gasteiger partial charge < -0.3 is 9.64 Å². The van der Waals surface area contributed by atoms with Gasteiger partial charge in [-0.1, -0.05) is 18.2 Å². The van der Waals surface area contributed by atoms with E-state index in [9.17, 15) is 14.5 Å². The Labute approximate surface area is 178 Å². The number of rotatable bonds is 6. The van der Waals surface area contributed by atoms with Crippen LogP contribution in [0, 0.1) is 10.1 Å². The highest BCUT2D eigenvalue weighted by atomic mass is 19.1. The summed E-state index contributed by atoms with van der Waals surface area (Å²) in [6, 6.07) is 15.5. The van der Waals surface area contributed by atoms with Crippen molar-refractivity contribution in [3.05, 3.63) is 77.1 Å². The van der Waals surface area contributed by atoms with Crippen molar-refractivity contribution in [3.8, 4) is 0 Å². The van der Waals surface area contributed by atoms with Crippen LogP contribution in [-0.2, 0) is 4.74 Å². The molecule has 1 aromatic carbocycles. The first-order valence-corrected chi connectivity index (χ1v) is 9.69. The quantitative estimate of drug-likeness (QED) is 0.335. The van der Waals surface area contributed by atoms with Crippen molar-refractivity contribution in [3.63, 3.8) is 0 Å². The number of ether oxygens (including phenoxy) is 1. The van der Waals surface area contributed by atoms with Gasteiger partial charge in [0, 0.05) is 37.7 Å². The number of benzene rings is 1. The van der Waals surface area contributed by atoms with Crippen LogP contribution in [0.4, 0.5) is 33.1 Å². The maximum absolute atomic E-state index is 14.9.